The molecular weight excluding hydrogens is 316 g/mol. The molecule has 0 aliphatic rings. The van der Waals surface area contributed by atoms with Gasteiger partial charge in [-0.2, -0.15) is 5.10 Å². The van der Waals surface area contributed by atoms with E-state index in [0.717, 1.165) is 11.3 Å². The highest BCUT2D eigenvalue weighted by Gasteiger charge is 2.04. The Bertz CT molecular complexity index is 814. The van der Waals surface area contributed by atoms with E-state index in [1.807, 2.05) is 55.6 Å². The average Bonchev–Trinajstić information content (AvgIpc) is 3.14. The van der Waals surface area contributed by atoms with E-state index in [0.29, 0.717) is 31.0 Å². The predicted molar refractivity (Wildman–Crippen MR) is 95.9 cm³/mol. The van der Waals surface area contributed by atoms with Crippen molar-refractivity contribution in [2.24, 2.45) is 0 Å². The van der Waals surface area contributed by atoms with Crippen molar-refractivity contribution >= 4 is 11.6 Å². The lowest BCUT2D eigenvalue weighted by Gasteiger charge is -2.08. The number of carbonyl (C=O) groups excluding carboxylic acids is 1. The predicted octanol–water partition coefficient (Wildman–Crippen LogP) is 3.37. The first-order chi connectivity index (χ1) is 12.2. The van der Waals surface area contributed by atoms with Crippen molar-refractivity contribution < 1.29 is 9.53 Å². The number of pyridine rings is 1. The van der Waals surface area contributed by atoms with Gasteiger partial charge in [0.05, 0.1) is 18.5 Å². The summed E-state index contributed by atoms with van der Waals surface area (Å²) in [7, 11) is 0. The van der Waals surface area contributed by atoms with E-state index in [1.165, 1.54) is 0 Å². The summed E-state index contributed by atoms with van der Waals surface area (Å²) >= 11 is 0. The number of rotatable bonds is 7. The number of aryl methyl sites for hydroxylation is 1. The number of benzene rings is 1. The fourth-order valence-corrected chi connectivity index (χ4v) is 2.35. The fraction of sp³-hybridized carbons (Fsp3) is 0.211. The molecule has 1 aromatic carbocycles. The Kier molecular flexibility index (Phi) is 5.41. The monoisotopic (exact) mass is 336 g/mol. The molecular formula is C19H20N4O2. The minimum atomic E-state index is -0.0542. The van der Waals surface area contributed by atoms with Crippen LogP contribution in [0.2, 0.25) is 0 Å². The summed E-state index contributed by atoms with van der Waals surface area (Å²) in [5, 5.41) is 6.95. The number of ether oxygens (including phenoxy) is 1. The summed E-state index contributed by atoms with van der Waals surface area (Å²) in [5.41, 5.74) is 1.82. The molecule has 1 N–H and O–H groups in total. The Balaban J connectivity index is 1.41. The number of carbonyl (C=O) groups is 1. The zero-order chi connectivity index (χ0) is 17.5. The maximum Gasteiger partial charge on any atom is 0.224 e. The van der Waals surface area contributed by atoms with E-state index in [-0.39, 0.29) is 5.91 Å². The smallest absolute Gasteiger partial charge is 0.224 e. The minimum absolute atomic E-state index is 0.0542. The minimum Gasteiger partial charge on any atom is -0.494 e. The van der Waals surface area contributed by atoms with Crippen molar-refractivity contribution in [1.82, 2.24) is 14.8 Å². The van der Waals surface area contributed by atoms with E-state index >= 15 is 0 Å². The van der Waals surface area contributed by atoms with Crippen molar-refractivity contribution in [3.8, 4) is 11.6 Å². The highest BCUT2D eigenvalue weighted by Crippen LogP contribution is 2.13. The topological polar surface area (TPSA) is 69.0 Å². The Labute approximate surface area is 146 Å². The van der Waals surface area contributed by atoms with Gasteiger partial charge in [0.25, 0.3) is 0 Å². The summed E-state index contributed by atoms with van der Waals surface area (Å²) in [4.78, 5) is 16.3. The van der Waals surface area contributed by atoms with Gasteiger partial charge in [0.15, 0.2) is 5.82 Å². The summed E-state index contributed by atoms with van der Waals surface area (Å²) < 4.78 is 7.30. The second kappa shape index (κ2) is 8.10. The highest BCUT2D eigenvalue weighted by molar-refractivity contribution is 5.90. The summed E-state index contributed by atoms with van der Waals surface area (Å²) in [6.45, 7) is 2.53. The van der Waals surface area contributed by atoms with E-state index in [4.69, 9.17) is 4.74 Å². The van der Waals surface area contributed by atoms with Crippen LogP contribution in [-0.2, 0) is 4.79 Å². The van der Waals surface area contributed by atoms with Gasteiger partial charge in [-0.05, 0) is 49.2 Å². The van der Waals surface area contributed by atoms with Gasteiger partial charge < -0.3 is 10.1 Å². The standard InChI is InChI=1S/C19H20N4O2/c1-15-5-2-6-17(13-15)25-12-3-7-19(24)22-16-8-9-18(20-14-16)23-11-4-10-21-23/h2,4-6,8-11,13-14H,3,7,12H2,1H3,(H,22,24). The van der Waals surface area contributed by atoms with Crippen LogP contribution in [0.25, 0.3) is 5.82 Å². The quantitative estimate of drug-likeness (QED) is 0.672. The molecule has 128 valence electrons. The zero-order valence-electron chi connectivity index (χ0n) is 14.1. The van der Waals surface area contributed by atoms with Gasteiger partial charge >= 0.3 is 0 Å². The first-order valence-corrected chi connectivity index (χ1v) is 8.16. The van der Waals surface area contributed by atoms with Crippen molar-refractivity contribution in [3.05, 3.63) is 66.6 Å². The number of nitrogens with zero attached hydrogens (tertiary/aromatic N) is 3. The molecule has 0 fully saturated rings. The lowest BCUT2D eigenvalue weighted by atomic mass is 10.2. The third-order valence-corrected chi connectivity index (χ3v) is 3.58. The zero-order valence-corrected chi connectivity index (χ0v) is 14.1. The van der Waals surface area contributed by atoms with Crippen LogP contribution >= 0.6 is 0 Å². The first kappa shape index (κ1) is 16.7. The molecule has 2 heterocycles. The molecule has 0 radical (unpaired) electrons. The number of amides is 1. The number of nitrogens with one attached hydrogen (secondary N) is 1. The molecule has 0 aliphatic carbocycles. The summed E-state index contributed by atoms with van der Waals surface area (Å²) in [5.74, 6) is 1.48. The molecule has 0 unspecified atom stereocenters. The molecule has 2 aromatic heterocycles. The number of hydrogen-bond acceptors (Lipinski definition) is 4. The SMILES string of the molecule is Cc1cccc(OCCCC(=O)Nc2ccc(-n3cccn3)nc2)c1. The third kappa shape index (κ3) is 4.91. The number of hydrogen-bond donors (Lipinski definition) is 1. The van der Waals surface area contributed by atoms with Crippen molar-refractivity contribution in [2.75, 3.05) is 11.9 Å². The number of aromatic nitrogens is 3. The largest absolute Gasteiger partial charge is 0.494 e. The fourth-order valence-electron chi connectivity index (χ4n) is 2.35. The summed E-state index contributed by atoms with van der Waals surface area (Å²) in [6, 6.07) is 13.3. The van der Waals surface area contributed by atoms with E-state index in [2.05, 4.69) is 15.4 Å². The van der Waals surface area contributed by atoms with Crippen LogP contribution in [0.15, 0.2) is 61.1 Å². The second-order valence-electron chi connectivity index (χ2n) is 5.67. The van der Waals surface area contributed by atoms with Gasteiger partial charge in [0.2, 0.25) is 5.91 Å². The van der Waals surface area contributed by atoms with Crippen LogP contribution in [0.5, 0.6) is 5.75 Å². The maximum atomic E-state index is 12.0. The lowest BCUT2D eigenvalue weighted by Crippen LogP contribution is -2.13. The summed E-state index contributed by atoms with van der Waals surface area (Å²) in [6.07, 6.45) is 6.18. The van der Waals surface area contributed by atoms with Crippen LogP contribution in [0.3, 0.4) is 0 Å². The van der Waals surface area contributed by atoms with Crippen LogP contribution in [0.1, 0.15) is 18.4 Å². The van der Waals surface area contributed by atoms with Gasteiger partial charge in [-0.3, -0.25) is 4.79 Å². The van der Waals surface area contributed by atoms with Gasteiger partial charge in [0.1, 0.15) is 5.75 Å². The Hall–Kier alpha value is -3.15. The number of anilines is 1. The molecule has 3 aromatic rings. The van der Waals surface area contributed by atoms with Gasteiger partial charge in [0, 0.05) is 18.8 Å². The van der Waals surface area contributed by atoms with Gasteiger partial charge in [-0.15, -0.1) is 0 Å². The van der Waals surface area contributed by atoms with Crippen molar-refractivity contribution in [2.45, 2.75) is 19.8 Å². The molecule has 0 saturated heterocycles. The molecule has 0 saturated carbocycles. The molecule has 3 rings (SSSR count). The normalized spacial score (nSPS) is 10.4. The van der Waals surface area contributed by atoms with Gasteiger partial charge in [-0.25, -0.2) is 9.67 Å². The second-order valence-corrected chi connectivity index (χ2v) is 5.67. The first-order valence-electron chi connectivity index (χ1n) is 8.16. The van der Waals surface area contributed by atoms with Crippen LogP contribution in [-0.4, -0.2) is 27.3 Å². The highest BCUT2D eigenvalue weighted by atomic mass is 16.5. The molecule has 0 atom stereocenters. The molecule has 0 aliphatic heterocycles. The lowest BCUT2D eigenvalue weighted by molar-refractivity contribution is -0.116. The molecule has 6 heteroatoms. The van der Waals surface area contributed by atoms with E-state index in [9.17, 15) is 4.79 Å². The molecule has 6 nitrogen and oxygen atoms in total. The Morgan fingerprint density at radius 2 is 2.16 bits per heavy atom. The van der Waals surface area contributed by atoms with Crippen LogP contribution in [0.4, 0.5) is 5.69 Å². The Morgan fingerprint density at radius 1 is 1.24 bits per heavy atom. The Morgan fingerprint density at radius 3 is 2.88 bits per heavy atom. The van der Waals surface area contributed by atoms with Crippen molar-refractivity contribution in [1.29, 1.82) is 0 Å². The molecule has 0 bridgehead atoms. The molecule has 25 heavy (non-hydrogen) atoms. The van der Waals surface area contributed by atoms with Crippen LogP contribution in [0, 0.1) is 6.92 Å². The maximum absolute atomic E-state index is 12.0. The van der Waals surface area contributed by atoms with E-state index in [1.54, 1.807) is 17.1 Å². The van der Waals surface area contributed by atoms with Crippen molar-refractivity contribution in [3.63, 3.8) is 0 Å². The molecule has 0 spiro atoms. The van der Waals surface area contributed by atoms with Gasteiger partial charge in [-0.1, -0.05) is 12.1 Å². The average molecular weight is 336 g/mol. The molecule has 1 amide bonds. The van der Waals surface area contributed by atoms with Crippen LogP contribution < -0.4 is 10.1 Å². The third-order valence-electron chi connectivity index (χ3n) is 3.58. The van der Waals surface area contributed by atoms with E-state index < -0.39 is 0 Å².